The molecular formula is C7H13ClN6O2. The molecule has 0 radical (unpaired) electrons. The summed E-state index contributed by atoms with van der Waals surface area (Å²) in [5.74, 6) is 0.741. The van der Waals surface area contributed by atoms with Gasteiger partial charge in [0.25, 0.3) is 0 Å². The molecule has 0 unspecified atom stereocenters. The number of halogens is 1. The quantitative estimate of drug-likeness (QED) is 0.374. The van der Waals surface area contributed by atoms with Crippen LogP contribution in [0, 0.1) is 0 Å². The first-order valence-corrected chi connectivity index (χ1v) is 3.97. The molecule has 16 heavy (non-hydrogen) atoms. The van der Waals surface area contributed by atoms with Crippen molar-refractivity contribution in [2.75, 3.05) is 19.6 Å². The van der Waals surface area contributed by atoms with Crippen LogP contribution < -0.4 is 26.4 Å². The average Bonchev–Trinajstić information content (AvgIpc) is 2.25. The van der Waals surface area contributed by atoms with Crippen LogP contribution in [-0.2, 0) is 0 Å². The number of nitrogens with one attached hydrogen (secondary N) is 1. The Kier molecular flexibility index (Phi) is 5.71. The van der Waals surface area contributed by atoms with Crippen LogP contribution in [0.5, 0.6) is 11.8 Å². The molecule has 0 saturated carbocycles. The van der Waals surface area contributed by atoms with Gasteiger partial charge in [0.05, 0.1) is 20.3 Å². The van der Waals surface area contributed by atoms with Crippen molar-refractivity contribution in [2.24, 2.45) is 16.6 Å². The Morgan fingerprint density at radius 1 is 1.25 bits per heavy atom. The molecule has 0 aliphatic heterocycles. The van der Waals surface area contributed by atoms with Gasteiger partial charge in [-0.1, -0.05) is 0 Å². The zero-order chi connectivity index (χ0) is 11.3. The molecule has 8 nitrogen and oxygen atoms in total. The Labute approximate surface area is 98.4 Å². The second kappa shape index (κ2) is 6.51. The Hall–Kier alpha value is -1.96. The molecule has 9 heteroatoms. The van der Waals surface area contributed by atoms with Gasteiger partial charge >= 0.3 is 0 Å². The minimum absolute atomic E-state index is 0. The van der Waals surface area contributed by atoms with Crippen molar-refractivity contribution in [3.05, 3.63) is 6.07 Å². The number of anilines is 1. The highest BCUT2D eigenvalue weighted by Gasteiger charge is 2.03. The molecule has 0 saturated heterocycles. The molecular weight excluding hydrogens is 236 g/mol. The van der Waals surface area contributed by atoms with Gasteiger partial charge in [-0.05, 0) is 0 Å². The van der Waals surface area contributed by atoms with Gasteiger partial charge in [-0.3, -0.25) is 0 Å². The number of aromatic nitrogens is 2. The summed E-state index contributed by atoms with van der Waals surface area (Å²) < 4.78 is 9.84. The summed E-state index contributed by atoms with van der Waals surface area (Å²) in [5.41, 5.74) is 12.7. The van der Waals surface area contributed by atoms with Crippen LogP contribution in [0.15, 0.2) is 11.2 Å². The fraction of sp³-hybridized carbons (Fsp3) is 0.286. The summed E-state index contributed by atoms with van der Waals surface area (Å²) in [5, 5.41) is 3.53. The largest absolute Gasteiger partial charge is 0.481 e. The fourth-order valence-electron chi connectivity index (χ4n) is 0.778. The smallest absolute Gasteiger partial charge is 0.250 e. The fourth-order valence-corrected chi connectivity index (χ4v) is 0.778. The van der Waals surface area contributed by atoms with Crippen LogP contribution in [0.2, 0.25) is 0 Å². The lowest BCUT2D eigenvalue weighted by molar-refractivity contribution is 0.373. The van der Waals surface area contributed by atoms with E-state index in [1.54, 1.807) is 0 Å². The van der Waals surface area contributed by atoms with E-state index in [-0.39, 0.29) is 24.3 Å². The minimum Gasteiger partial charge on any atom is -0.481 e. The molecule has 0 fully saturated rings. The summed E-state index contributed by atoms with van der Waals surface area (Å²) in [4.78, 5) is 7.86. The number of nitrogens with zero attached hydrogens (tertiary/aromatic N) is 3. The van der Waals surface area contributed by atoms with Crippen molar-refractivity contribution in [3.63, 3.8) is 0 Å². The van der Waals surface area contributed by atoms with Crippen molar-refractivity contribution >= 4 is 24.3 Å². The highest BCUT2D eigenvalue weighted by molar-refractivity contribution is 5.85. The maximum Gasteiger partial charge on any atom is 0.250 e. The molecule has 1 aromatic heterocycles. The number of nitrogens with two attached hydrogens (primary N) is 2. The Morgan fingerprint density at radius 3 is 2.12 bits per heavy atom. The second-order valence-electron chi connectivity index (χ2n) is 2.42. The first kappa shape index (κ1) is 14.0. The predicted octanol–water partition coefficient (Wildman–Crippen LogP) is -0.484. The number of methoxy groups -OCH3 is 2. The lowest BCUT2D eigenvalue weighted by atomic mass is 10.6. The van der Waals surface area contributed by atoms with Crippen molar-refractivity contribution in [3.8, 4) is 11.8 Å². The zero-order valence-corrected chi connectivity index (χ0v) is 9.61. The van der Waals surface area contributed by atoms with E-state index >= 15 is 0 Å². The molecule has 0 atom stereocenters. The summed E-state index contributed by atoms with van der Waals surface area (Å²) in [6, 6.07) is 1.53. The van der Waals surface area contributed by atoms with E-state index in [9.17, 15) is 0 Å². The van der Waals surface area contributed by atoms with Crippen LogP contribution in [0.1, 0.15) is 0 Å². The summed E-state index contributed by atoms with van der Waals surface area (Å²) in [6.45, 7) is 0. The lowest BCUT2D eigenvalue weighted by Gasteiger charge is -2.05. The molecule has 0 spiro atoms. The van der Waals surface area contributed by atoms with Crippen molar-refractivity contribution < 1.29 is 9.47 Å². The van der Waals surface area contributed by atoms with E-state index in [4.69, 9.17) is 20.9 Å². The Morgan fingerprint density at radius 2 is 1.75 bits per heavy atom. The average molecular weight is 249 g/mol. The third kappa shape index (κ3) is 4.05. The molecule has 5 N–H and O–H groups in total. The molecule has 0 aliphatic rings. The highest BCUT2D eigenvalue weighted by Crippen LogP contribution is 2.16. The van der Waals surface area contributed by atoms with Gasteiger partial charge in [-0.2, -0.15) is 9.97 Å². The van der Waals surface area contributed by atoms with Gasteiger partial charge in [0.15, 0.2) is 0 Å². The molecule has 0 aliphatic carbocycles. The van der Waals surface area contributed by atoms with E-state index in [0.29, 0.717) is 11.8 Å². The lowest BCUT2D eigenvalue weighted by Crippen LogP contribution is -2.24. The SMILES string of the molecule is COc1cc(OC)nc(NN=C(N)N)n1.Cl. The number of guanidine groups is 1. The van der Waals surface area contributed by atoms with Crippen molar-refractivity contribution in [1.82, 2.24) is 9.97 Å². The number of rotatable bonds is 4. The third-order valence-corrected chi connectivity index (χ3v) is 1.38. The number of hydrogen-bond acceptors (Lipinski definition) is 6. The topological polar surface area (TPSA) is 121 Å². The maximum absolute atomic E-state index is 5.13. The zero-order valence-electron chi connectivity index (χ0n) is 8.80. The van der Waals surface area contributed by atoms with Gasteiger partial charge in [-0.25, -0.2) is 5.43 Å². The molecule has 1 heterocycles. The summed E-state index contributed by atoms with van der Waals surface area (Å²) in [6.07, 6.45) is 0. The van der Waals surface area contributed by atoms with Crippen LogP contribution in [0.4, 0.5) is 5.95 Å². The Bertz CT molecular complexity index is 346. The van der Waals surface area contributed by atoms with Crippen LogP contribution in [0.3, 0.4) is 0 Å². The van der Waals surface area contributed by atoms with Gasteiger partial charge in [0.1, 0.15) is 0 Å². The molecule has 90 valence electrons. The van der Waals surface area contributed by atoms with Crippen molar-refractivity contribution in [1.29, 1.82) is 0 Å². The summed E-state index contributed by atoms with van der Waals surface area (Å²) >= 11 is 0. The molecule has 0 amide bonds. The highest BCUT2D eigenvalue weighted by atomic mass is 35.5. The monoisotopic (exact) mass is 248 g/mol. The summed E-state index contributed by atoms with van der Waals surface area (Å²) in [7, 11) is 2.96. The van der Waals surface area contributed by atoms with Crippen LogP contribution in [-0.4, -0.2) is 30.1 Å². The molecule has 0 bridgehead atoms. The Balaban J connectivity index is 0.00000225. The predicted molar refractivity (Wildman–Crippen MR) is 61.8 cm³/mol. The standard InChI is InChI=1S/C7H12N6O2.ClH/c1-14-4-3-5(15-2)11-7(10-4)13-12-6(8)9;/h3H,1-2H3,(H4,8,9,12)(H,10,11,13);1H. The first-order chi connectivity index (χ1) is 7.15. The van der Waals surface area contributed by atoms with E-state index in [1.165, 1.54) is 20.3 Å². The van der Waals surface area contributed by atoms with E-state index in [1.807, 2.05) is 0 Å². The normalized spacial score (nSPS) is 8.62. The molecule has 1 rings (SSSR count). The van der Waals surface area contributed by atoms with E-state index < -0.39 is 0 Å². The van der Waals surface area contributed by atoms with Gasteiger partial charge in [0.2, 0.25) is 23.7 Å². The van der Waals surface area contributed by atoms with Gasteiger partial charge < -0.3 is 20.9 Å². The molecule has 0 aromatic carbocycles. The van der Waals surface area contributed by atoms with Crippen LogP contribution >= 0.6 is 12.4 Å². The van der Waals surface area contributed by atoms with E-state index in [0.717, 1.165) is 0 Å². The van der Waals surface area contributed by atoms with Gasteiger partial charge in [-0.15, -0.1) is 17.5 Å². The first-order valence-electron chi connectivity index (χ1n) is 3.97. The number of hydrogen-bond donors (Lipinski definition) is 3. The van der Waals surface area contributed by atoms with E-state index in [2.05, 4.69) is 20.5 Å². The number of ether oxygens (including phenoxy) is 2. The van der Waals surface area contributed by atoms with Crippen molar-refractivity contribution in [2.45, 2.75) is 0 Å². The maximum atomic E-state index is 5.13. The third-order valence-electron chi connectivity index (χ3n) is 1.38. The minimum atomic E-state index is -0.125. The van der Waals surface area contributed by atoms with Crippen LogP contribution in [0.25, 0.3) is 0 Å². The van der Waals surface area contributed by atoms with Gasteiger partial charge in [0, 0.05) is 0 Å². The number of hydrazone groups is 1. The second-order valence-corrected chi connectivity index (χ2v) is 2.42. The molecule has 1 aromatic rings.